The Hall–Kier alpha value is -2.73. The fourth-order valence-electron chi connectivity index (χ4n) is 2.28. The number of methoxy groups -OCH3 is 2. The molecule has 0 spiro atoms. The summed E-state index contributed by atoms with van der Waals surface area (Å²) in [7, 11) is 3.04. The molecular weight excluding hydrogens is 358 g/mol. The van der Waals surface area contributed by atoms with Crippen LogP contribution < -0.4 is 19.5 Å². The second kappa shape index (κ2) is 9.10. The molecule has 2 rings (SSSR count). The number of rotatable bonds is 8. The summed E-state index contributed by atoms with van der Waals surface area (Å²) in [5.74, 6) is 0.871. The molecule has 0 aliphatic heterocycles. The van der Waals surface area contributed by atoms with Gasteiger partial charge < -0.3 is 19.5 Å². The number of halogens is 1. The highest BCUT2D eigenvalue weighted by molar-refractivity contribution is 6.31. The first-order valence-corrected chi connectivity index (χ1v) is 8.33. The molecule has 26 heavy (non-hydrogen) atoms. The zero-order valence-corrected chi connectivity index (χ0v) is 15.6. The number of carbonyl (C=O) groups excluding carboxylic acids is 2. The lowest BCUT2D eigenvalue weighted by atomic mass is 10.1. The van der Waals surface area contributed by atoms with Crippen LogP contribution in [0.5, 0.6) is 17.2 Å². The summed E-state index contributed by atoms with van der Waals surface area (Å²) in [5, 5.41) is 3.13. The molecule has 2 aromatic carbocycles. The van der Waals surface area contributed by atoms with E-state index in [1.54, 1.807) is 37.3 Å². The molecule has 0 unspecified atom stereocenters. The van der Waals surface area contributed by atoms with Crippen LogP contribution in [0.4, 0.5) is 5.69 Å². The summed E-state index contributed by atoms with van der Waals surface area (Å²) >= 11 is 5.94. The zero-order valence-electron chi connectivity index (χ0n) is 14.8. The number of ether oxygens (including phenoxy) is 3. The highest BCUT2D eigenvalue weighted by atomic mass is 35.5. The van der Waals surface area contributed by atoms with Crippen molar-refractivity contribution in [1.82, 2.24) is 0 Å². The summed E-state index contributed by atoms with van der Waals surface area (Å²) in [5.41, 5.74) is 0.813. The molecule has 0 aliphatic carbocycles. The maximum absolute atomic E-state index is 12.2. The van der Waals surface area contributed by atoms with Gasteiger partial charge in [-0.25, -0.2) is 0 Å². The van der Waals surface area contributed by atoms with E-state index >= 15 is 0 Å². The Morgan fingerprint density at radius 3 is 2.42 bits per heavy atom. The first kappa shape index (κ1) is 19.6. The number of ketones is 1. The van der Waals surface area contributed by atoms with Crippen LogP contribution in [0, 0.1) is 0 Å². The van der Waals surface area contributed by atoms with E-state index < -0.39 is 5.91 Å². The minimum atomic E-state index is -0.401. The summed E-state index contributed by atoms with van der Waals surface area (Å²) in [6, 6.07) is 9.77. The summed E-state index contributed by atoms with van der Waals surface area (Å²) in [6.07, 6.45) is 0.309. The molecule has 0 saturated carbocycles. The van der Waals surface area contributed by atoms with Gasteiger partial charge in [0.1, 0.15) is 17.2 Å². The van der Waals surface area contributed by atoms with Gasteiger partial charge >= 0.3 is 0 Å². The van der Waals surface area contributed by atoms with Crippen molar-refractivity contribution in [2.45, 2.75) is 13.3 Å². The number of anilines is 1. The zero-order chi connectivity index (χ0) is 19.1. The third-order valence-electron chi connectivity index (χ3n) is 3.60. The number of amides is 1. The van der Waals surface area contributed by atoms with Gasteiger partial charge in [0, 0.05) is 17.5 Å². The van der Waals surface area contributed by atoms with E-state index in [4.69, 9.17) is 25.8 Å². The van der Waals surface area contributed by atoms with E-state index in [0.29, 0.717) is 39.9 Å². The smallest absolute Gasteiger partial charge is 0.262 e. The molecule has 1 N–H and O–H groups in total. The van der Waals surface area contributed by atoms with E-state index in [0.717, 1.165) is 0 Å². The third kappa shape index (κ3) is 4.89. The monoisotopic (exact) mass is 377 g/mol. The largest absolute Gasteiger partial charge is 0.497 e. The number of benzene rings is 2. The molecule has 7 heteroatoms. The average Bonchev–Trinajstić information content (AvgIpc) is 2.66. The van der Waals surface area contributed by atoms with Gasteiger partial charge in [0.15, 0.2) is 12.4 Å². The van der Waals surface area contributed by atoms with Gasteiger partial charge in [-0.3, -0.25) is 9.59 Å². The van der Waals surface area contributed by atoms with Crippen LogP contribution in [0.15, 0.2) is 36.4 Å². The maximum Gasteiger partial charge on any atom is 0.262 e. The second-order valence-electron chi connectivity index (χ2n) is 5.32. The van der Waals surface area contributed by atoms with Crippen molar-refractivity contribution in [3.8, 4) is 17.2 Å². The van der Waals surface area contributed by atoms with Crippen molar-refractivity contribution in [2.75, 3.05) is 26.1 Å². The average molecular weight is 378 g/mol. The lowest BCUT2D eigenvalue weighted by molar-refractivity contribution is -0.118. The van der Waals surface area contributed by atoms with Crippen LogP contribution in [0.25, 0.3) is 0 Å². The van der Waals surface area contributed by atoms with E-state index in [1.807, 2.05) is 0 Å². The molecule has 0 bridgehead atoms. The van der Waals surface area contributed by atoms with Crippen molar-refractivity contribution < 1.29 is 23.8 Å². The highest BCUT2D eigenvalue weighted by Crippen LogP contribution is 2.29. The Morgan fingerprint density at radius 2 is 1.77 bits per heavy atom. The molecule has 138 valence electrons. The molecule has 0 atom stereocenters. The number of Topliss-reactive ketones (excluding diaryl/α,β-unsaturated/α-hetero) is 1. The second-order valence-corrected chi connectivity index (χ2v) is 5.76. The van der Waals surface area contributed by atoms with Gasteiger partial charge in [-0.05, 0) is 30.3 Å². The molecule has 0 fully saturated rings. The topological polar surface area (TPSA) is 73.9 Å². The van der Waals surface area contributed by atoms with Crippen LogP contribution in [0.1, 0.15) is 23.7 Å². The van der Waals surface area contributed by atoms with E-state index in [2.05, 4.69) is 5.32 Å². The van der Waals surface area contributed by atoms with Gasteiger partial charge in [-0.15, -0.1) is 0 Å². The normalized spacial score (nSPS) is 10.2. The Kier molecular flexibility index (Phi) is 6.86. The van der Waals surface area contributed by atoms with Gasteiger partial charge in [-0.1, -0.05) is 18.5 Å². The van der Waals surface area contributed by atoms with Crippen molar-refractivity contribution in [3.63, 3.8) is 0 Å². The van der Waals surface area contributed by atoms with Crippen molar-refractivity contribution in [1.29, 1.82) is 0 Å². The highest BCUT2D eigenvalue weighted by Gasteiger charge is 2.14. The standard InChI is InChI=1S/C19H20ClNO5/c1-4-16(22)14-9-12(20)5-7-17(14)26-11-19(23)21-15-10-13(24-2)6-8-18(15)25-3/h5-10H,4,11H2,1-3H3,(H,21,23). The molecule has 0 aliphatic rings. The fourth-order valence-corrected chi connectivity index (χ4v) is 2.45. The Labute approximate surface area is 157 Å². The first-order valence-electron chi connectivity index (χ1n) is 7.96. The predicted molar refractivity (Wildman–Crippen MR) is 99.7 cm³/mol. The number of carbonyl (C=O) groups is 2. The van der Waals surface area contributed by atoms with Crippen LogP contribution >= 0.6 is 11.6 Å². The third-order valence-corrected chi connectivity index (χ3v) is 3.84. The maximum atomic E-state index is 12.2. The van der Waals surface area contributed by atoms with Crippen molar-refractivity contribution in [2.24, 2.45) is 0 Å². The van der Waals surface area contributed by atoms with E-state index in [1.165, 1.54) is 20.3 Å². The lowest BCUT2D eigenvalue weighted by Crippen LogP contribution is -2.21. The summed E-state index contributed by atoms with van der Waals surface area (Å²) < 4.78 is 15.9. The van der Waals surface area contributed by atoms with Crippen molar-refractivity contribution in [3.05, 3.63) is 47.0 Å². The van der Waals surface area contributed by atoms with E-state index in [-0.39, 0.29) is 12.4 Å². The molecule has 0 saturated heterocycles. The Balaban J connectivity index is 2.09. The number of hydrogen-bond donors (Lipinski definition) is 1. The van der Waals surface area contributed by atoms with Gasteiger partial charge in [0.25, 0.3) is 5.91 Å². The van der Waals surface area contributed by atoms with Gasteiger partial charge in [0.2, 0.25) is 0 Å². The molecule has 0 aromatic heterocycles. The molecule has 0 heterocycles. The van der Waals surface area contributed by atoms with Crippen LogP contribution in [0.2, 0.25) is 5.02 Å². The Bertz CT molecular complexity index is 807. The van der Waals surface area contributed by atoms with Crippen molar-refractivity contribution >= 4 is 29.0 Å². The van der Waals surface area contributed by atoms with Crippen LogP contribution in [-0.2, 0) is 4.79 Å². The number of hydrogen-bond acceptors (Lipinski definition) is 5. The Morgan fingerprint density at radius 1 is 1.04 bits per heavy atom. The van der Waals surface area contributed by atoms with Crippen LogP contribution in [-0.4, -0.2) is 32.5 Å². The molecule has 0 radical (unpaired) electrons. The van der Waals surface area contributed by atoms with Gasteiger partial charge in [0.05, 0.1) is 25.5 Å². The minimum Gasteiger partial charge on any atom is -0.497 e. The quantitative estimate of drug-likeness (QED) is 0.704. The molecule has 6 nitrogen and oxygen atoms in total. The van der Waals surface area contributed by atoms with E-state index in [9.17, 15) is 9.59 Å². The molecule has 1 amide bonds. The lowest BCUT2D eigenvalue weighted by Gasteiger charge is -2.13. The fraction of sp³-hybridized carbons (Fsp3) is 0.263. The summed E-state index contributed by atoms with van der Waals surface area (Å²) in [6.45, 7) is 1.47. The minimum absolute atomic E-state index is 0.114. The number of nitrogens with one attached hydrogen (secondary N) is 1. The molecule has 2 aromatic rings. The predicted octanol–water partition coefficient (Wildman–Crippen LogP) is 3.97. The van der Waals surface area contributed by atoms with Gasteiger partial charge in [-0.2, -0.15) is 0 Å². The first-order chi connectivity index (χ1) is 12.5. The molecular formula is C19H20ClNO5. The summed E-state index contributed by atoms with van der Waals surface area (Å²) in [4.78, 5) is 24.2. The SMILES string of the molecule is CCC(=O)c1cc(Cl)ccc1OCC(=O)Nc1cc(OC)ccc1OC. The van der Waals surface area contributed by atoms with Crippen LogP contribution in [0.3, 0.4) is 0 Å².